The van der Waals surface area contributed by atoms with Crippen molar-refractivity contribution in [1.82, 2.24) is 15.8 Å². The summed E-state index contributed by atoms with van der Waals surface area (Å²) in [6.45, 7) is 3.22. The lowest BCUT2D eigenvalue weighted by Crippen LogP contribution is -2.40. The summed E-state index contributed by atoms with van der Waals surface area (Å²) in [6, 6.07) is 12.1. The Morgan fingerprint density at radius 2 is 1.68 bits per heavy atom. The monoisotopic (exact) mass is 421 g/mol. The molecule has 0 aliphatic rings. The van der Waals surface area contributed by atoms with Crippen molar-refractivity contribution in [3.8, 4) is 16.9 Å². The summed E-state index contributed by atoms with van der Waals surface area (Å²) < 4.78 is 5.27. The van der Waals surface area contributed by atoms with Crippen LogP contribution in [0.1, 0.15) is 22.8 Å². The fourth-order valence-corrected chi connectivity index (χ4v) is 2.94. The van der Waals surface area contributed by atoms with Gasteiger partial charge < -0.3 is 20.4 Å². The first-order valence-corrected chi connectivity index (χ1v) is 9.44. The lowest BCUT2D eigenvalue weighted by molar-refractivity contribution is -0.119. The van der Waals surface area contributed by atoms with Crippen molar-refractivity contribution in [1.29, 1.82) is 0 Å². The minimum absolute atomic E-state index is 0.373. The van der Waals surface area contributed by atoms with Gasteiger partial charge in [0.05, 0.1) is 18.4 Å². The van der Waals surface area contributed by atoms with Crippen LogP contribution < -0.4 is 26.2 Å². The van der Waals surface area contributed by atoms with Gasteiger partial charge in [-0.15, -0.1) is 0 Å². The molecular weight excluding hydrogens is 398 g/mol. The summed E-state index contributed by atoms with van der Waals surface area (Å²) in [7, 11) is 1.54. The van der Waals surface area contributed by atoms with Crippen LogP contribution in [0.15, 0.2) is 54.9 Å². The molecule has 0 atom stereocenters. The van der Waals surface area contributed by atoms with E-state index in [1.165, 1.54) is 14.0 Å². The van der Waals surface area contributed by atoms with Crippen molar-refractivity contribution in [3.63, 3.8) is 0 Å². The third kappa shape index (κ3) is 5.41. The smallest absolute Gasteiger partial charge is 0.323 e. The van der Waals surface area contributed by atoms with Crippen LogP contribution in [0, 0.1) is 6.92 Å². The van der Waals surface area contributed by atoms with E-state index in [1.807, 2.05) is 19.1 Å². The molecule has 1 aromatic heterocycles. The average molecular weight is 421 g/mol. The quantitative estimate of drug-likeness (QED) is 0.405. The first-order chi connectivity index (χ1) is 14.9. The first kappa shape index (κ1) is 21.4. The highest BCUT2D eigenvalue weighted by Gasteiger charge is 2.14. The van der Waals surface area contributed by atoms with Gasteiger partial charge in [-0.3, -0.25) is 20.4 Å². The molecule has 5 N–H and O–H groups in total. The molecule has 3 rings (SSSR count). The van der Waals surface area contributed by atoms with Gasteiger partial charge in [0, 0.05) is 30.6 Å². The number of ether oxygens (including phenoxy) is 1. The summed E-state index contributed by atoms with van der Waals surface area (Å²) in [5.41, 5.74) is 8.52. The van der Waals surface area contributed by atoms with E-state index in [2.05, 4.69) is 26.5 Å². The second-order valence-corrected chi connectivity index (χ2v) is 6.78. The van der Waals surface area contributed by atoms with Gasteiger partial charge in [0.15, 0.2) is 0 Å². The number of amides is 4. The number of rotatable bonds is 5. The normalized spacial score (nSPS) is 10.2. The molecule has 31 heavy (non-hydrogen) atoms. The molecule has 0 saturated heterocycles. The highest BCUT2D eigenvalue weighted by Crippen LogP contribution is 2.27. The number of aromatic amines is 1. The molecule has 3 aromatic rings. The third-order valence-electron chi connectivity index (χ3n) is 4.40. The number of H-pyrrole nitrogens is 1. The van der Waals surface area contributed by atoms with Crippen LogP contribution in [0.25, 0.3) is 11.1 Å². The van der Waals surface area contributed by atoms with Gasteiger partial charge in [-0.1, -0.05) is 18.2 Å². The number of carbonyl (C=O) groups excluding carboxylic acids is 3. The maximum atomic E-state index is 12.4. The van der Waals surface area contributed by atoms with Crippen molar-refractivity contribution >= 4 is 29.2 Å². The van der Waals surface area contributed by atoms with Gasteiger partial charge in [-0.2, -0.15) is 0 Å². The molecule has 0 bridgehead atoms. The molecule has 2 aromatic carbocycles. The van der Waals surface area contributed by atoms with E-state index >= 15 is 0 Å². The second-order valence-electron chi connectivity index (χ2n) is 6.78. The van der Waals surface area contributed by atoms with Crippen molar-refractivity contribution < 1.29 is 19.1 Å². The number of hydrogen-bond acceptors (Lipinski definition) is 4. The van der Waals surface area contributed by atoms with E-state index < -0.39 is 11.9 Å². The predicted molar refractivity (Wildman–Crippen MR) is 118 cm³/mol. The van der Waals surface area contributed by atoms with Crippen molar-refractivity contribution in [2.24, 2.45) is 0 Å². The largest absolute Gasteiger partial charge is 0.495 e. The third-order valence-corrected chi connectivity index (χ3v) is 4.40. The second kappa shape index (κ2) is 9.49. The molecule has 160 valence electrons. The van der Waals surface area contributed by atoms with Crippen LogP contribution in [0.5, 0.6) is 5.75 Å². The molecule has 0 saturated carbocycles. The Morgan fingerprint density at radius 3 is 2.35 bits per heavy atom. The lowest BCUT2D eigenvalue weighted by Gasteiger charge is -2.12. The molecule has 0 aliphatic carbocycles. The van der Waals surface area contributed by atoms with E-state index in [-0.39, 0.29) is 5.91 Å². The summed E-state index contributed by atoms with van der Waals surface area (Å²) in [5, 5.41) is 5.54. The summed E-state index contributed by atoms with van der Waals surface area (Å²) in [6.07, 6.45) is 3.23. The summed E-state index contributed by atoms with van der Waals surface area (Å²) in [5.74, 6) is -0.254. The molecule has 4 amide bonds. The maximum Gasteiger partial charge on any atom is 0.323 e. The minimum Gasteiger partial charge on any atom is -0.495 e. The standard InChI is InChI=1S/C22H23N5O4/c1-13-4-9-20(31-3)19(10-13)25-22(30)24-16-7-5-15(6-8-16)17-11-23-12-18(17)21(29)27-26-14(2)28/h4-12,23H,1-3H3,(H,26,28)(H,27,29)(H2,24,25,30). The van der Waals surface area contributed by atoms with E-state index in [0.29, 0.717) is 28.3 Å². The number of hydrogen-bond donors (Lipinski definition) is 5. The molecule has 0 aliphatic heterocycles. The number of anilines is 2. The number of carbonyl (C=O) groups is 3. The zero-order valence-electron chi connectivity index (χ0n) is 17.3. The lowest BCUT2D eigenvalue weighted by atomic mass is 10.0. The Morgan fingerprint density at radius 1 is 0.935 bits per heavy atom. The summed E-state index contributed by atoms with van der Waals surface area (Å²) in [4.78, 5) is 38.5. The van der Waals surface area contributed by atoms with E-state index in [4.69, 9.17) is 4.74 Å². The Labute approximate surface area is 179 Å². The molecule has 1 heterocycles. The zero-order valence-corrected chi connectivity index (χ0v) is 17.3. The Balaban J connectivity index is 1.68. The molecular formula is C22H23N5O4. The highest BCUT2D eigenvalue weighted by atomic mass is 16.5. The molecule has 0 fully saturated rings. The Hall–Kier alpha value is -4.27. The van der Waals surface area contributed by atoms with Crippen molar-refractivity contribution in [3.05, 3.63) is 66.0 Å². The molecule has 0 spiro atoms. The Bertz CT molecular complexity index is 1110. The zero-order chi connectivity index (χ0) is 22.4. The van der Waals surface area contributed by atoms with Gasteiger partial charge in [-0.25, -0.2) is 4.79 Å². The van der Waals surface area contributed by atoms with Gasteiger partial charge >= 0.3 is 6.03 Å². The van der Waals surface area contributed by atoms with E-state index in [0.717, 1.165) is 11.1 Å². The van der Waals surface area contributed by atoms with Crippen LogP contribution in [0.4, 0.5) is 16.2 Å². The van der Waals surface area contributed by atoms with Crippen LogP contribution >= 0.6 is 0 Å². The topological polar surface area (TPSA) is 124 Å². The molecule has 0 radical (unpaired) electrons. The summed E-state index contributed by atoms with van der Waals surface area (Å²) >= 11 is 0. The van der Waals surface area contributed by atoms with Crippen molar-refractivity contribution in [2.45, 2.75) is 13.8 Å². The van der Waals surface area contributed by atoms with Crippen LogP contribution in [0.2, 0.25) is 0 Å². The number of aromatic nitrogens is 1. The number of benzene rings is 2. The molecule has 9 nitrogen and oxygen atoms in total. The van der Waals surface area contributed by atoms with Crippen LogP contribution in [0.3, 0.4) is 0 Å². The molecule has 9 heteroatoms. The van der Waals surface area contributed by atoms with Gasteiger partial charge in [-0.05, 0) is 42.3 Å². The van der Waals surface area contributed by atoms with E-state index in [9.17, 15) is 14.4 Å². The van der Waals surface area contributed by atoms with Gasteiger partial charge in [0.1, 0.15) is 5.75 Å². The SMILES string of the molecule is COc1ccc(C)cc1NC(=O)Nc1ccc(-c2c[nH]cc2C(=O)NNC(C)=O)cc1. The van der Waals surface area contributed by atoms with Gasteiger partial charge in [0.2, 0.25) is 5.91 Å². The number of hydrazine groups is 1. The van der Waals surface area contributed by atoms with Gasteiger partial charge in [0.25, 0.3) is 5.91 Å². The highest BCUT2D eigenvalue weighted by molar-refractivity contribution is 6.02. The maximum absolute atomic E-state index is 12.4. The minimum atomic E-state index is -0.444. The van der Waals surface area contributed by atoms with Crippen LogP contribution in [-0.4, -0.2) is 29.9 Å². The van der Waals surface area contributed by atoms with Crippen LogP contribution in [-0.2, 0) is 4.79 Å². The van der Waals surface area contributed by atoms with Crippen molar-refractivity contribution in [2.75, 3.05) is 17.7 Å². The Kier molecular flexibility index (Phi) is 6.56. The predicted octanol–water partition coefficient (Wildman–Crippen LogP) is 3.42. The average Bonchev–Trinajstić information content (AvgIpc) is 3.22. The van der Waals surface area contributed by atoms with E-state index in [1.54, 1.807) is 42.7 Å². The fraction of sp³-hybridized carbons (Fsp3) is 0.136. The fourth-order valence-electron chi connectivity index (χ4n) is 2.94. The number of methoxy groups -OCH3 is 1. The molecule has 0 unspecified atom stereocenters. The number of urea groups is 1. The first-order valence-electron chi connectivity index (χ1n) is 9.44. The number of nitrogens with one attached hydrogen (secondary N) is 5. The number of aryl methyl sites for hydroxylation is 1.